The number of aliphatic hydroxyl groups excluding tert-OH is 1. The molecule has 28 heavy (non-hydrogen) atoms. The highest BCUT2D eigenvalue weighted by molar-refractivity contribution is 7.86. The van der Waals surface area contributed by atoms with Crippen molar-refractivity contribution in [2.75, 3.05) is 19.0 Å². The number of nitrogens with zero attached hydrogens (tertiary/aromatic N) is 1. The van der Waals surface area contributed by atoms with Gasteiger partial charge in [-0.2, -0.15) is 0 Å². The average Bonchev–Trinajstić information content (AvgIpc) is 3.46. The van der Waals surface area contributed by atoms with Gasteiger partial charge in [-0.05, 0) is 57.2 Å². The summed E-state index contributed by atoms with van der Waals surface area (Å²) in [6, 6.07) is 7.17. The molecule has 1 heterocycles. The lowest BCUT2D eigenvalue weighted by atomic mass is 9.98. The maximum atomic E-state index is 13.3. The lowest BCUT2D eigenvalue weighted by Crippen LogP contribution is -2.56. The van der Waals surface area contributed by atoms with Crippen molar-refractivity contribution in [1.82, 2.24) is 4.90 Å². The highest BCUT2D eigenvalue weighted by Crippen LogP contribution is 2.41. The second-order valence-electron chi connectivity index (χ2n) is 8.68. The minimum atomic E-state index is -1.06. The number of rotatable bonds is 7. The number of morpholine rings is 1. The van der Waals surface area contributed by atoms with Gasteiger partial charge in [0.1, 0.15) is 6.10 Å². The summed E-state index contributed by atoms with van der Waals surface area (Å²) in [5, 5.41) is 9.98. The van der Waals surface area contributed by atoms with E-state index in [4.69, 9.17) is 16.3 Å². The van der Waals surface area contributed by atoms with E-state index in [-0.39, 0.29) is 35.8 Å². The number of ether oxygens (including phenoxy) is 1. The first-order chi connectivity index (χ1) is 13.2. The Bertz CT molecular complexity index is 714. The lowest BCUT2D eigenvalue weighted by molar-refractivity contribution is -0.165. The van der Waals surface area contributed by atoms with E-state index >= 15 is 0 Å². The van der Waals surface area contributed by atoms with Crippen molar-refractivity contribution in [2.24, 2.45) is 5.92 Å². The quantitative estimate of drug-likeness (QED) is 0.724. The summed E-state index contributed by atoms with van der Waals surface area (Å²) in [5.74, 6) is 0.733. The van der Waals surface area contributed by atoms with Gasteiger partial charge in [-0.25, -0.2) is 0 Å². The summed E-state index contributed by atoms with van der Waals surface area (Å²) in [4.78, 5) is 15.2. The second kappa shape index (κ2) is 8.82. The smallest absolute Gasteiger partial charge is 0.252 e. The SMILES string of the molecule is CC(C)(C)S(=O)CC(C1CC1)N1C(=O)C(CCO)OCC1c1ccc(Cl)cc1. The topological polar surface area (TPSA) is 66.8 Å². The first-order valence-electron chi connectivity index (χ1n) is 9.91. The Morgan fingerprint density at radius 3 is 2.46 bits per heavy atom. The fourth-order valence-electron chi connectivity index (χ4n) is 3.67. The minimum Gasteiger partial charge on any atom is -0.396 e. The predicted octanol–water partition coefficient (Wildman–Crippen LogP) is 3.32. The van der Waals surface area contributed by atoms with Crippen LogP contribution in [0.5, 0.6) is 0 Å². The number of carbonyl (C=O) groups excluding carboxylic acids is 1. The van der Waals surface area contributed by atoms with Gasteiger partial charge in [-0.3, -0.25) is 9.00 Å². The molecule has 0 bridgehead atoms. The molecule has 1 saturated carbocycles. The van der Waals surface area contributed by atoms with Gasteiger partial charge >= 0.3 is 0 Å². The molecule has 1 amide bonds. The van der Waals surface area contributed by atoms with Gasteiger partial charge < -0.3 is 14.7 Å². The highest BCUT2D eigenvalue weighted by Gasteiger charge is 2.46. The third-order valence-electron chi connectivity index (χ3n) is 5.50. The third kappa shape index (κ3) is 4.96. The van der Waals surface area contributed by atoms with E-state index < -0.39 is 16.9 Å². The molecule has 2 fully saturated rings. The molecule has 2 aliphatic rings. The molecule has 1 aromatic carbocycles. The zero-order chi connectivity index (χ0) is 20.5. The number of benzene rings is 1. The third-order valence-corrected chi connectivity index (χ3v) is 7.76. The van der Waals surface area contributed by atoms with Gasteiger partial charge in [0.05, 0.1) is 12.6 Å². The molecule has 1 aromatic rings. The first kappa shape index (κ1) is 21.8. The van der Waals surface area contributed by atoms with Crippen molar-refractivity contribution < 1.29 is 18.8 Å². The number of carbonyl (C=O) groups is 1. The maximum absolute atomic E-state index is 13.3. The van der Waals surface area contributed by atoms with Crippen molar-refractivity contribution in [1.29, 1.82) is 0 Å². The zero-order valence-electron chi connectivity index (χ0n) is 16.8. The molecule has 4 atom stereocenters. The number of hydrogen-bond acceptors (Lipinski definition) is 4. The molecule has 5 nitrogen and oxygen atoms in total. The average molecular weight is 428 g/mol. The fraction of sp³-hybridized carbons (Fsp3) is 0.667. The summed E-state index contributed by atoms with van der Waals surface area (Å²) in [5.41, 5.74) is 0.965. The van der Waals surface area contributed by atoms with Gasteiger partial charge in [0.15, 0.2) is 0 Å². The van der Waals surface area contributed by atoms with Crippen molar-refractivity contribution in [3.05, 3.63) is 34.9 Å². The summed E-state index contributed by atoms with van der Waals surface area (Å²) in [7, 11) is -1.06. The lowest BCUT2D eigenvalue weighted by Gasteiger charge is -2.44. The van der Waals surface area contributed by atoms with Crippen LogP contribution in [0.3, 0.4) is 0 Å². The van der Waals surface area contributed by atoms with Gasteiger partial charge in [-0.15, -0.1) is 0 Å². The minimum absolute atomic E-state index is 0.0849. The van der Waals surface area contributed by atoms with Crippen LogP contribution in [0.4, 0.5) is 0 Å². The van der Waals surface area contributed by atoms with Crippen molar-refractivity contribution in [3.8, 4) is 0 Å². The number of hydrogen-bond donors (Lipinski definition) is 1. The Morgan fingerprint density at radius 1 is 1.29 bits per heavy atom. The highest BCUT2D eigenvalue weighted by atomic mass is 35.5. The van der Waals surface area contributed by atoms with E-state index in [1.807, 2.05) is 49.9 Å². The van der Waals surface area contributed by atoms with Crippen LogP contribution in [0, 0.1) is 5.92 Å². The zero-order valence-corrected chi connectivity index (χ0v) is 18.3. The van der Waals surface area contributed by atoms with E-state index in [0.29, 0.717) is 23.3 Å². The summed E-state index contributed by atoms with van der Waals surface area (Å²) in [6.07, 6.45) is 1.74. The Kier molecular flexibility index (Phi) is 6.85. The fourth-order valence-corrected chi connectivity index (χ4v) is 5.04. The van der Waals surface area contributed by atoms with Gasteiger partial charge in [0, 0.05) is 45.4 Å². The Morgan fingerprint density at radius 2 is 1.93 bits per heavy atom. The molecule has 7 heteroatoms. The van der Waals surface area contributed by atoms with Gasteiger partial charge in [0.25, 0.3) is 5.91 Å². The normalized spacial score (nSPS) is 25.6. The van der Waals surface area contributed by atoms with Crippen LogP contribution >= 0.6 is 11.6 Å². The summed E-state index contributed by atoms with van der Waals surface area (Å²) < 4.78 is 18.4. The van der Waals surface area contributed by atoms with E-state index in [1.165, 1.54) is 0 Å². The molecule has 1 N–H and O–H groups in total. The van der Waals surface area contributed by atoms with Crippen LogP contribution < -0.4 is 0 Å². The number of halogens is 1. The van der Waals surface area contributed by atoms with Crippen molar-refractivity contribution in [2.45, 2.75) is 63.0 Å². The van der Waals surface area contributed by atoms with Crippen LogP contribution in [-0.2, 0) is 20.3 Å². The van der Waals surface area contributed by atoms with Gasteiger partial charge in [0.2, 0.25) is 0 Å². The Balaban J connectivity index is 1.93. The standard InChI is InChI=1S/C21H30ClNO4S/c1-21(2,3)28(26)13-18(15-4-5-15)23-17(14-6-8-16(22)9-7-14)12-27-19(10-11-24)20(23)25/h6-9,15,17-19,24H,4-5,10-13H2,1-3H3. The van der Waals surface area contributed by atoms with E-state index in [1.54, 1.807) is 0 Å². The first-order valence-corrected chi connectivity index (χ1v) is 11.6. The van der Waals surface area contributed by atoms with Crippen LogP contribution in [0.2, 0.25) is 5.02 Å². The van der Waals surface area contributed by atoms with Crippen LogP contribution in [0.1, 0.15) is 51.6 Å². The van der Waals surface area contributed by atoms with Crippen molar-refractivity contribution in [3.63, 3.8) is 0 Å². The van der Waals surface area contributed by atoms with E-state index in [9.17, 15) is 14.1 Å². The van der Waals surface area contributed by atoms with Crippen LogP contribution in [0.15, 0.2) is 24.3 Å². The molecule has 1 aliphatic heterocycles. The second-order valence-corrected chi connectivity index (χ2v) is 11.4. The summed E-state index contributed by atoms with van der Waals surface area (Å²) >= 11 is 6.04. The summed E-state index contributed by atoms with van der Waals surface area (Å²) in [6.45, 7) is 6.18. The molecule has 0 radical (unpaired) electrons. The number of aliphatic hydroxyl groups is 1. The molecular weight excluding hydrogens is 398 g/mol. The molecule has 0 spiro atoms. The van der Waals surface area contributed by atoms with Crippen LogP contribution in [0.25, 0.3) is 0 Å². The molecule has 1 aliphatic carbocycles. The molecule has 1 saturated heterocycles. The largest absolute Gasteiger partial charge is 0.396 e. The number of amides is 1. The molecule has 156 valence electrons. The molecule has 0 aromatic heterocycles. The monoisotopic (exact) mass is 427 g/mol. The van der Waals surface area contributed by atoms with E-state index in [2.05, 4.69) is 0 Å². The molecular formula is C21H30ClNO4S. The van der Waals surface area contributed by atoms with E-state index in [0.717, 1.165) is 18.4 Å². The predicted molar refractivity (Wildman–Crippen MR) is 112 cm³/mol. The molecule has 4 unspecified atom stereocenters. The molecule has 3 rings (SSSR count). The maximum Gasteiger partial charge on any atom is 0.252 e. The van der Waals surface area contributed by atoms with Crippen LogP contribution in [-0.4, -0.2) is 56.0 Å². The van der Waals surface area contributed by atoms with Gasteiger partial charge in [-0.1, -0.05) is 23.7 Å². The van der Waals surface area contributed by atoms with Crippen molar-refractivity contribution >= 4 is 28.3 Å². The Hall–Kier alpha value is -0.950. The Labute approximate surface area is 174 Å².